The van der Waals surface area contributed by atoms with Crippen molar-refractivity contribution in [3.63, 3.8) is 0 Å². The van der Waals surface area contributed by atoms with Crippen molar-refractivity contribution in [3.05, 3.63) is 83.9 Å². The van der Waals surface area contributed by atoms with E-state index in [9.17, 15) is 0 Å². The second kappa shape index (κ2) is 6.78. The summed E-state index contributed by atoms with van der Waals surface area (Å²) in [4.78, 5) is 10.3. The highest BCUT2D eigenvalue weighted by atomic mass is 15.1. The van der Waals surface area contributed by atoms with Crippen LogP contribution in [0.2, 0.25) is 0 Å². The highest BCUT2D eigenvalue weighted by Gasteiger charge is 2.08. The van der Waals surface area contributed by atoms with E-state index in [-0.39, 0.29) is 0 Å². The summed E-state index contributed by atoms with van der Waals surface area (Å²) in [6, 6.07) is 24.4. The zero-order valence-corrected chi connectivity index (χ0v) is 14.8. The normalized spacial score (nSPS) is 10.4. The van der Waals surface area contributed by atoms with Gasteiger partial charge in [-0.25, -0.2) is 4.98 Å². The molecule has 0 radical (unpaired) electrons. The third-order valence-electron chi connectivity index (χ3n) is 4.29. The molecule has 1 heterocycles. The molecule has 3 heteroatoms. The quantitative estimate of drug-likeness (QED) is 0.538. The number of nitrogens with one attached hydrogen (secondary N) is 1. The fraction of sp³-hybridized carbons (Fsp3) is 0.0870. The second-order valence-electron chi connectivity index (χ2n) is 6.34. The smallest absolute Gasteiger partial charge is 0.138 e. The number of benzene rings is 3. The van der Waals surface area contributed by atoms with Gasteiger partial charge in [0.25, 0.3) is 0 Å². The number of aromatic amines is 1. The maximum Gasteiger partial charge on any atom is 0.138 e. The minimum atomic E-state index is 0.860. The Morgan fingerprint density at radius 3 is 2.31 bits per heavy atom. The van der Waals surface area contributed by atoms with Crippen LogP contribution in [-0.4, -0.2) is 24.1 Å². The predicted molar refractivity (Wildman–Crippen MR) is 108 cm³/mol. The largest absolute Gasteiger partial charge is 0.378 e. The third kappa shape index (κ3) is 3.18. The summed E-state index contributed by atoms with van der Waals surface area (Å²) in [5.74, 6) is 7.33. The molecule has 0 spiro atoms. The Balaban J connectivity index is 1.73. The molecule has 1 N–H and O–H groups in total. The van der Waals surface area contributed by atoms with Gasteiger partial charge >= 0.3 is 0 Å². The van der Waals surface area contributed by atoms with Crippen LogP contribution in [0.15, 0.2) is 72.8 Å². The lowest BCUT2D eigenvalue weighted by atomic mass is 10.1. The van der Waals surface area contributed by atoms with E-state index in [0.717, 1.165) is 33.5 Å². The zero-order chi connectivity index (χ0) is 17.9. The van der Waals surface area contributed by atoms with Crippen molar-refractivity contribution in [1.29, 1.82) is 0 Å². The SMILES string of the molecule is CN(C)c1ccc(-c2nc3c(C#Cc4ccccc4)cccc3[nH]2)cc1. The molecule has 1 aromatic heterocycles. The molecule has 26 heavy (non-hydrogen) atoms. The monoisotopic (exact) mass is 337 g/mol. The lowest BCUT2D eigenvalue weighted by Gasteiger charge is -2.11. The number of hydrogen-bond donors (Lipinski definition) is 1. The summed E-state index contributed by atoms with van der Waals surface area (Å²) >= 11 is 0. The van der Waals surface area contributed by atoms with Gasteiger partial charge in [-0.05, 0) is 48.5 Å². The molecular weight excluding hydrogens is 318 g/mol. The predicted octanol–water partition coefficient (Wildman–Crippen LogP) is 4.70. The Labute approximate surface area is 153 Å². The van der Waals surface area contributed by atoms with Gasteiger partial charge in [0.05, 0.1) is 11.1 Å². The Bertz CT molecular complexity index is 1100. The molecule has 0 aliphatic heterocycles. The molecule has 0 saturated heterocycles. The maximum atomic E-state index is 4.80. The van der Waals surface area contributed by atoms with Crippen LogP contribution in [0.25, 0.3) is 22.4 Å². The first-order valence-corrected chi connectivity index (χ1v) is 8.54. The first-order valence-electron chi connectivity index (χ1n) is 8.54. The lowest BCUT2D eigenvalue weighted by molar-refractivity contribution is 1.13. The zero-order valence-electron chi connectivity index (χ0n) is 14.8. The van der Waals surface area contributed by atoms with E-state index in [0.29, 0.717) is 0 Å². The van der Waals surface area contributed by atoms with E-state index in [2.05, 4.69) is 46.0 Å². The molecule has 0 atom stereocenters. The van der Waals surface area contributed by atoms with Gasteiger partial charge in [-0.15, -0.1) is 0 Å². The van der Waals surface area contributed by atoms with Crippen LogP contribution in [-0.2, 0) is 0 Å². The molecule has 0 unspecified atom stereocenters. The number of rotatable bonds is 2. The molecule has 0 bridgehead atoms. The van der Waals surface area contributed by atoms with Crippen molar-refractivity contribution >= 4 is 16.7 Å². The van der Waals surface area contributed by atoms with E-state index in [1.165, 1.54) is 5.69 Å². The number of H-pyrrole nitrogens is 1. The summed E-state index contributed by atoms with van der Waals surface area (Å²) in [6.07, 6.45) is 0. The molecule has 0 aliphatic rings. The topological polar surface area (TPSA) is 31.9 Å². The summed E-state index contributed by atoms with van der Waals surface area (Å²) in [7, 11) is 4.07. The van der Waals surface area contributed by atoms with Gasteiger partial charge in [-0.1, -0.05) is 36.1 Å². The maximum absolute atomic E-state index is 4.80. The van der Waals surface area contributed by atoms with Crippen LogP contribution in [0.3, 0.4) is 0 Å². The van der Waals surface area contributed by atoms with Crippen LogP contribution < -0.4 is 4.90 Å². The van der Waals surface area contributed by atoms with Crippen molar-refractivity contribution in [1.82, 2.24) is 9.97 Å². The van der Waals surface area contributed by atoms with E-state index in [1.807, 2.05) is 62.6 Å². The standard InChI is InChI=1S/C23H19N3/c1-26(2)20-15-13-19(14-16-20)23-24-21-10-6-9-18(22(21)25-23)12-11-17-7-4-3-5-8-17/h3-10,13-16H,1-2H3,(H,24,25). The van der Waals surface area contributed by atoms with Gasteiger partial charge in [0.15, 0.2) is 0 Å². The fourth-order valence-corrected chi connectivity index (χ4v) is 2.85. The number of imidazole rings is 1. The highest BCUT2D eigenvalue weighted by molar-refractivity contribution is 5.85. The first-order chi connectivity index (χ1) is 12.7. The second-order valence-corrected chi connectivity index (χ2v) is 6.34. The molecule has 3 nitrogen and oxygen atoms in total. The van der Waals surface area contributed by atoms with Gasteiger partial charge in [0, 0.05) is 30.9 Å². The van der Waals surface area contributed by atoms with Gasteiger partial charge in [0.1, 0.15) is 11.3 Å². The van der Waals surface area contributed by atoms with Crippen molar-refractivity contribution in [2.75, 3.05) is 19.0 Å². The van der Waals surface area contributed by atoms with Crippen molar-refractivity contribution in [3.8, 4) is 23.2 Å². The number of nitrogens with zero attached hydrogens (tertiary/aromatic N) is 2. The van der Waals surface area contributed by atoms with Crippen LogP contribution in [0.1, 0.15) is 11.1 Å². The minimum absolute atomic E-state index is 0.860. The van der Waals surface area contributed by atoms with Crippen molar-refractivity contribution in [2.45, 2.75) is 0 Å². The van der Waals surface area contributed by atoms with Crippen LogP contribution in [0, 0.1) is 11.8 Å². The Hall–Kier alpha value is -3.51. The van der Waals surface area contributed by atoms with Crippen molar-refractivity contribution < 1.29 is 0 Å². The summed E-state index contributed by atoms with van der Waals surface area (Å²) in [5, 5.41) is 0. The van der Waals surface area contributed by atoms with Gasteiger partial charge in [-0.3, -0.25) is 0 Å². The molecule has 3 aromatic carbocycles. The fourth-order valence-electron chi connectivity index (χ4n) is 2.85. The summed E-state index contributed by atoms with van der Waals surface area (Å²) < 4.78 is 0. The number of fused-ring (bicyclic) bond motifs is 1. The number of para-hydroxylation sites is 1. The minimum Gasteiger partial charge on any atom is -0.378 e. The molecule has 0 fully saturated rings. The van der Waals surface area contributed by atoms with Crippen LogP contribution in [0.5, 0.6) is 0 Å². The lowest BCUT2D eigenvalue weighted by Crippen LogP contribution is -2.07. The van der Waals surface area contributed by atoms with Gasteiger partial charge in [0.2, 0.25) is 0 Å². The Morgan fingerprint density at radius 1 is 0.808 bits per heavy atom. The van der Waals surface area contributed by atoms with Gasteiger partial charge < -0.3 is 9.88 Å². The van der Waals surface area contributed by atoms with Crippen molar-refractivity contribution in [2.24, 2.45) is 0 Å². The summed E-state index contributed by atoms with van der Waals surface area (Å²) in [5.41, 5.74) is 6.06. The van der Waals surface area contributed by atoms with E-state index >= 15 is 0 Å². The molecule has 4 aromatic rings. The first kappa shape index (κ1) is 16.0. The highest BCUT2D eigenvalue weighted by Crippen LogP contribution is 2.24. The number of anilines is 1. The Morgan fingerprint density at radius 2 is 1.58 bits per heavy atom. The van der Waals surface area contributed by atoms with Crippen LogP contribution in [0.4, 0.5) is 5.69 Å². The molecule has 126 valence electrons. The number of aromatic nitrogens is 2. The average Bonchev–Trinajstić information content (AvgIpc) is 3.12. The van der Waals surface area contributed by atoms with Crippen LogP contribution >= 0.6 is 0 Å². The number of hydrogen-bond acceptors (Lipinski definition) is 2. The molecule has 0 saturated carbocycles. The summed E-state index contributed by atoms with van der Waals surface area (Å²) in [6.45, 7) is 0. The Kier molecular flexibility index (Phi) is 4.17. The van der Waals surface area contributed by atoms with E-state index < -0.39 is 0 Å². The van der Waals surface area contributed by atoms with E-state index in [4.69, 9.17) is 4.98 Å². The molecule has 4 rings (SSSR count). The average molecular weight is 337 g/mol. The molecule has 0 amide bonds. The van der Waals surface area contributed by atoms with E-state index in [1.54, 1.807) is 0 Å². The molecular formula is C23H19N3. The molecule has 0 aliphatic carbocycles. The van der Waals surface area contributed by atoms with Gasteiger partial charge in [-0.2, -0.15) is 0 Å². The third-order valence-corrected chi connectivity index (χ3v) is 4.29.